The van der Waals surface area contributed by atoms with Gasteiger partial charge in [0.1, 0.15) is 0 Å². The third-order valence-electron chi connectivity index (χ3n) is 1.56. The number of nitrogens with zero attached hydrogens (tertiary/aromatic N) is 1. The number of hydrogen-bond donors (Lipinski definition) is 3. The molecule has 0 aromatic heterocycles. The lowest BCUT2D eigenvalue weighted by Crippen LogP contribution is -2.33. The first-order chi connectivity index (χ1) is 8.37. The highest BCUT2D eigenvalue weighted by molar-refractivity contribution is 7.45. The smallest absolute Gasteiger partial charge is 0.463 e. The molecule has 0 heterocycles. The first-order valence-corrected chi connectivity index (χ1v) is 7.31. The van der Waals surface area contributed by atoms with Gasteiger partial charge in [0.25, 0.3) is 0 Å². The van der Waals surface area contributed by atoms with E-state index in [4.69, 9.17) is 19.2 Å². The number of rotatable bonds is 4. The number of hydrogen-bond acceptors (Lipinski definition) is 3. The van der Waals surface area contributed by atoms with Crippen LogP contribution in [0.5, 0.6) is 0 Å². The van der Waals surface area contributed by atoms with Crippen LogP contribution in [0.15, 0.2) is 12.7 Å². The minimum absolute atomic E-state index is 0.341. The van der Waals surface area contributed by atoms with Crippen LogP contribution in [-0.4, -0.2) is 59.4 Å². The van der Waals surface area contributed by atoms with Crippen molar-refractivity contribution in [3.63, 3.8) is 0 Å². The molecule has 0 bridgehead atoms. The van der Waals surface area contributed by atoms with Crippen LogP contribution in [0.25, 0.3) is 0 Å². The molecule has 0 amide bonds. The van der Waals surface area contributed by atoms with Gasteiger partial charge in [-0.05, 0) is 13.3 Å². The Morgan fingerprint density at radius 2 is 1.58 bits per heavy atom. The molecule has 0 aliphatic heterocycles. The maximum atomic E-state index is 10.2. The van der Waals surface area contributed by atoms with E-state index in [0.29, 0.717) is 6.61 Å². The van der Waals surface area contributed by atoms with Crippen LogP contribution >= 0.6 is 7.82 Å². The highest BCUT2D eigenvalue weighted by Gasteiger charge is 2.00. The minimum atomic E-state index is -4.64. The van der Waals surface area contributed by atoms with Gasteiger partial charge in [-0.15, -0.1) is 0 Å². The number of phosphoric acid groups is 1. The van der Waals surface area contributed by atoms with Crippen molar-refractivity contribution in [3.8, 4) is 0 Å². The van der Waals surface area contributed by atoms with Crippen LogP contribution in [-0.2, 0) is 14.1 Å². The molecule has 0 aromatic rings. The Labute approximate surface area is 115 Å². The van der Waals surface area contributed by atoms with Crippen molar-refractivity contribution in [2.45, 2.75) is 20.3 Å². The summed E-state index contributed by atoms with van der Waals surface area (Å²) in [6.07, 6.45) is 2.02. The normalized spacial score (nSPS) is 10.3. The van der Waals surface area contributed by atoms with Crippen molar-refractivity contribution in [3.05, 3.63) is 12.7 Å². The summed E-state index contributed by atoms with van der Waals surface area (Å²) in [5.41, 5.74) is 0. The fraction of sp³-hybridized carbons (Fsp3) is 0.727. The van der Waals surface area contributed by atoms with Gasteiger partial charge in [0.15, 0.2) is 0 Å². The van der Waals surface area contributed by atoms with E-state index in [-0.39, 0.29) is 5.97 Å². The van der Waals surface area contributed by atoms with E-state index in [0.717, 1.165) is 17.0 Å². The van der Waals surface area contributed by atoms with Gasteiger partial charge >= 0.3 is 13.8 Å². The van der Waals surface area contributed by atoms with Gasteiger partial charge in [0.2, 0.25) is 0 Å². The summed E-state index contributed by atoms with van der Waals surface area (Å²) in [5, 5.41) is 0. The molecule has 0 saturated heterocycles. The topological polar surface area (TPSA) is 104 Å². The standard InChI is InChI=1S/C6H10O2.C5H14N.H3O4P/c1-3-5-8-6(7)4-2;1-5-6(2,3)4;1-5(2,3)4/h4H,2-3,5H2,1H3;5H2,1-4H3;(H3,1,2,3,4)/q;+1;. The quantitative estimate of drug-likeness (QED) is 0.308. The summed E-state index contributed by atoms with van der Waals surface area (Å²) in [6, 6.07) is 0. The Balaban J connectivity index is -0.000000209. The number of carbonyl (C=O) groups is 1. The third-order valence-corrected chi connectivity index (χ3v) is 1.56. The maximum Gasteiger partial charge on any atom is 0.466 e. The van der Waals surface area contributed by atoms with Gasteiger partial charge in [-0.25, -0.2) is 9.36 Å². The SMILES string of the molecule is C=CC(=O)OCCC.CC[N+](C)(C)C.O=P(O)(O)O. The minimum Gasteiger partial charge on any atom is -0.463 e. The molecule has 0 atom stereocenters. The lowest BCUT2D eigenvalue weighted by molar-refractivity contribution is -0.868. The van der Waals surface area contributed by atoms with Crippen molar-refractivity contribution in [2.75, 3.05) is 34.3 Å². The molecule has 0 unspecified atom stereocenters. The second kappa shape index (κ2) is 12.3. The Morgan fingerprint density at radius 3 is 1.74 bits per heavy atom. The van der Waals surface area contributed by atoms with E-state index in [1.807, 2.05) is 6.92 Å². The van der Waals surface area contributed by atoms with Crippen molar-refractivity contribution in [1.82, 2.24) is 0 Å². The Hall–Kier alpha value is -0.720. The van der Waals surface area contributed by atoms with E-state index >= 15 is 0 Å². The molecular weight excluding hydrogens is 273 g/mol. The van der Waals surface area contributed by atoms with E-state index in [1.54, 1.807) is 0 Å². The van der Waals surface area contributed by atoms with Gasteiger partial charge in [0, 0.05) is 6.08 Å². The molecule has 7 nitrogen and oxygen atoms in total. The van der Waals surface area contributed by atoms with Crippen LogP contribution in [0.1, 0.15) is 20.3 Å². The van der Waals surface area contributed by atoms with Crippen molar-refractivity contribution >= 4 is 13.8 Å². The average Bonchev–Trinajstić information content (AvgIpc) is 2.23. The number of quaternary nitrogens is 1. The van der Waals surface area contributed by atoms with Gasteiger partial charge < -0.3 is 23.9 Å². The molecule has 0 spiro atoms. The third kappa shape index (κ3) is 58.8. The molecule has 19 heavy (non-hydrogen) atoms. The molecule has 0 fully saturated rings. The highest BCUT2D eigenvalue weighted by atomic mass is 31.2. The van der Waals surface area contributed by atoms with E-state index in [9.17, 15) is 4.79 Å². The molecule has 0 aliphatic rings. The zero-order valence-corrected chi connectivity index (χ0v) is 13.3. The molecule has 0 aliphatic carbocycles. The van der Waals surface area contributed by atoms with Crippen molar-refractivity contribution < 1.29 is 33.3 Å². The Morgan fingerprint density at radius 1 is 1.26 bits per heavy atom. The predicted molar refractivity (Wildman–Crippen MR) is 74.3 cm³/mol. The van der Waals surface area contributed by atoms with Crippen LogP contribution < -0.4 is 0 Å². The summed E-state index contributed by atoms with van der Waals surface area (Å²) in [6.45, 7) is 9.06. The summed E-state index contributed by atoms with van der Waals surface area (Å²) >= 11 is 0. The molecule has 0 aromatic carbocycles. The van der Waals surface area contributed by atoms with Crippen LogP contribution in [0.2, 0.25) is 0 Å². The number of ether oxygens (including phenoxy) is 1. The second-order valence-corrected chi connectivity index (χ2v) is 5.52. The van der Waals surface area contributed by atoms with Crippen LogP contribution in [0.3, 0.4) is 0 Å². The van der Waals surface area contributed by atoms with Gasteiger partial charge in [-0.1, -0.05) is 13.5 Å². The molecule has 0 rings (SSSR count). The fourth-order valence-corrected chi connectivity index (χ4v) is 0.262. The van der Waals surface area contributed by atoms with Gasteiger partial charge in [-0.3, -0.25) is 0 Å². The van der Waals surface area contributed by atoms with E-state index in [1.165, 1.54) is 6.54 Å². The Kier molecular flexibility index (Phi) is 15.2. The zero-order chi connectivity index (χ0) is 16.1. The molecular formula is C11H27NO6P+. The lowest BCUT2D eigenvalue weighted by atomic mass is 10.5. The molecule has 8 heteroatoms. The number of esters is 1. The molecule has 116 valence electrons. The summed E-state index contributed by atoms with van der Waals surface area (Å²) < 4.78 is 14.5. The first-order valence-electron chi connectivity index (χ1n) is 5.75. The summed E-state index contributed by atoms with van der Waals surface area (Å²) in [4.78, 5) is 31.8. The average molecular weight is 300 g/mol. The van der Waals surface area contributed by atoms with Crippen molar-refractivity contribution in [2.24, 2.45) is 0 Å². The molecule has 3 N–H and O–H groups in total. The number of carbonyl (C=O) groups excluding carboxylic acids is 1. The summed E-state index contributed by atoms with van der Waals surface area (Å²) in [5.74, 6) is -0.341. The fourth-order valence-electron chi connectivity index (χ4n) is 0.262. The Bertz CT molecular complexity index is 273. The van der Waals surface area contributed by atoms with Gasteiger partial charge in [0.05, 0.1) is 34.3 Å². The zero-order valence-electron chi connectivity index (χ0n) is 12.4. The maximum absolute atomic E-state index is 10.2. The highest BCUT2D eigenvalue weighted by Crippen LogP contribution is 2.25. The van der Waals surface area contributed by atoms with E-state index < -0.39 is 7.82 Å². The van der Waals surface area contributed by atoms with E-state index in [2.05, 4.69) is 39.4 Å². The molecule has 0 radical (unpaired) electrons. The predicted octanol–water partition coefficient (Wildman–Crippen LogP) is 0.909. The van der Waals surface area contributed by atoms with Crippen LogP contribution in [0, 0.1) is 0 Å². The van der Waals surface area contributed by atoms with Crippen molar-refractivity contribution in [1.29, 1.82) is 0 Å². The molecule has 0 saturated carbocycles. The second-order valence-electron chi connectivity index (χ2n) is 4.49. The van der Waals surface area contributed by atoms with Gasteiger partial charge in [-0.2, -0.15) is 0 Å². The lowest BCUT2D eigenvalue weighted by Gasteiger charge is -2.20. The monoisotopic (exact) mass is 300 g/mol. The summed E-state index contributed by atoms with van der Waals surface area (Å²) in [7, 11) is 1.90. The van der Waals surface area contributed by atoms with Crippen LogP contribution in [0.4, 0.5) is 0 Å². The largest absolute Gasteiger partial charge is 0.466 e. The first kappa shape index (κ1) is 23.4.